The van der Waals surface area contributed by atoms with Gasteiger partial charge in [-0.15, -0.1) is 0 Å². The van der Waals surface area contributed by atoms with E-state index in [-0.39, 0.29) is 22.6 Å². The molecule has 36 heavy (non-hydrogen) atoms. The number of hydrogen-bond donors (Lipinski definition) is 1. The molecule has 0 radical (unpaired) electrons. The van der Waals surface area contributed by atoms with Crippen LogP contribution in [0.15, 0.2) is 90.8 Å². The third kappa shape index (κ3) is 4.70. The van der Waals surface area contributed by atoms with Crippen LogP contribution in [0.5, 0.6) is 0 Å². The van der Waals surface area contributed by atoms with Gasteiger partial charge in [0.25, 0.3) is 5.91 Å². The molecule has 0 bridgehead atoms. The first-order valence-electron chi connectivity index (χ1n) is 10.9. The Balaban J connectivity index is 1.76. The second-order valence-electron chi connectivity index (χ2n) is 8.16. The first-order chi connectivity index (χ1) is 17.2. The molecule has 0 aliphatic rings. The van der Waals surface area contributed by atoms with Crippen molar-refractivity contribution in [3.8, 4) is 11.4 Å². The number of halogens is 4. The van der Waals surface area contributed by atoms with Gasteiger partial charge in [-0.1, -0.05) is 30.4 Å². The number of aromatic nitrogens is 2. The number of benzene rings is 2. The minimum atomic E-state index is -1.08. The zero-order valence-electron chi connectivity index (χ0n) is 19.4. The lowest BCUT2D eigenvalue weighted by Gasteiger charge is -2.11. The molecule has 4 rings (SSSR count). The highest BCUT2D eigenvalue weighted by atomic mass is 19.2. The van der Waals surface area contributed by atoms with Crippen molar-refractivity contribution in [1.82, 2.24) is 9.38 Å². The standard InChI is InChI=1S/C28H21F4N3O/c1-4-17(13-21(16(2)3)28(36)34-18-10-11-22(29)24(31)14-18)19-8-6-12-35-25(19)15-33-27(35)20-7-5-9-23(30)26(20)32/h4-15H,1H2,2-3H3,(H,34,36)/b17-13+. The zero-order valence-corrected chi connectivity index (χ0v) is 19.4. The number of imidazole rings is 1. The first-order valence-corrected chi connectivity index (χ1v) is 10.9. The van der Waals surface area contributed by atoms with Crippen molar-refractivity contribution in [3.05, 3.63) is 120 Å². The average molecular weight is 491 g/mol. The summed E-state index contributed by atoms with van der Waals surface area (Å²) < 4.78 is 56.7. The maximum atomic E-state index is 14.4. The predicted molar refractivity (Wildman–Crippen MR) is 132 cm³/mol. The number of hydrogen-bond acceptors (Lipinski definition) is 2. The van der Waals surface area contributed by atoms with Crippen molar-refractivity contribution in [2.24, 2.45) is 0 Å². The van der Waals surface area contributed by atoms with Gasteiger partial charge in [-0.3, -0.25) is 9.20 Å². The number of carbonyl (C=O) groups excluding carboxylic acids is 1. The van der Waals surface area contributed by atoms with Gasteiger partial charge in [0, 0.05) is 29.1 Å². The number of pyridine rings is 1. The first kappa shape index (κ1) is 24.7. The van der Waals surface area contributed by atoms with Crippen LogP contribution >= 0.6 is 0 Å². The fourth-order valence-electron chi connectivity index (χ4n) is 3.75. The molecule has 2 aromatic heterocycles. The second kappa shape index (κ2) is 10.0. The van der Waals surface area contributed by atoms with Gasteiger partial charge in [0.2, 0.25) is 0 Å². The van der Waals surface area contributed by atoms with E-state index < -0.39 is 29.2 Å². The molecular weight excluding hydrogens is 470 g/mol. The van der Waals surface area contributed by atoms with Crippen LogP contribution in [-0.2, 0) is 4.79 Å². The SMILES string of the molecule is C=C/C(=C\C(C(=O)Nc1ccc(F)c(F)c1)=C(C)C)c1cccn2c(-c3cccc(F)c3F)ncc12. The number of fused-ring (bicyclic) bond motifs is 1. The quantitative estimate of drug-likeness (QED) is 0.178. The Labute approximate surface area is 204 Å². The summed E-state index contributed by atoms with van der Waals surface area (Å²) >= 11 is 0. The molecule has 8 heteroatoms. The summed E-state index contributed by atoms with van der Waals surface area (Å²) in [6, 6.07) is 10.5. The Kier molecular flexibility index (Phi) is 6.87. The van der Waals surface area contributed by atoms with Crippen molar-refractivity contribution in [2.45, 2.75) is 13.8 Å². The number of nitrogens with zero attached hydrogens (tertiary/aromatic N) is 2. The van der Waals surface area contributed by atoms with Crippen LogP contribution in [0.1, 0.15) is 19.4 Å². The van der Waals surface area contributed by atoms with Crippen molar-refractivity contribution >= 4 is 22.7 Å². The van der Waals surface area contributed by atoms with E-state index in [0.29, 0.717) is 22.2 Å². The molecule has 1 amide bonds. The summed E-state index contributed by atoms with van der Waals surface area (Å²) in [6.07, 6.45) is 6.36. The van der Waals surface area contributed by atoms with Gasteiger partial charge in [-0.05, 0) is 55.8 Å². The lowest BCUT2D eigenvalue weighted by molar-refractivity contribution is -0.112. The molecule has 0 aliphatic carbocycles. The fraction of sp³-hybridized carbons (Fsp3) is 0.0714. The predicted octanol–water partition coefficient (Wildman–Crippen LogP) is 7.10. The molecule has 2 aromatic carbocycles. The highest BCUT2D eigenvalue weighted by Gasteiger charge is 2.17. The van der Waals surface area contributed by atoms with Gasteiger partial charge in [0.05, 0.1) is 17.3 Å². The van der Waals surface area contributed by atoms with Crippen LogP contribution in [-0.4, -0.2) is 15.3 Å². The molecule has 0 fully saturated rings. The number of anilines is 1. The molecule has 2 heterocycles. The monoisotopic (exact) mass is 491 g/mol. The number of rotatable bonds is 6. The molecule has 0 unspecified atom stereocenters. The zero-order chi connectivity index (χ0) is 26.0. The minimum absolute atomic E-state index is 0.00665. The smallest absolute Gasteiger partial charge is 0.255 e. The van der Waals surface area contributed by atoms with E-state index in [1.807, 2.05) is 0 Å². The van der Waals surface area contributed by atoms with E-state index >= 15 is 0 Å². The molecular formula is C28H21F4N3O. The summed E-state index contributed by atoms with van der Waals surface area (Å²) in [5.74, 6) is -4.39. The molecule has 1 N–H and O–H groups in total. The Morgan fingerprint density at radius 3 is 2.47 bits per heavy atom. The van der Waals surface area contributed by atoms with Gasteiger partial charge in [-0.25, -0.2) is 22.5 Å². The Bertz CT molecular complexity index is 1560. The summed E-state index contributed by atoms with van der Waals surface area (Å²) in [7, 11) is 0. The fourth-order valence-corrected chi connectivity index (χ4v) is 3.75. The van der Waals surface area contributed by atoms with Crippen molar-refractivity contribution in [1.29, 1.82) is 0 Å². The van der Waals surface area contributed by atoms with E-state index in [1.165, 1.54) is 24.4 Å². The summed E-state index contributed by atoms with van der Waals surface area (Å²) in [5, 5.41) is 2.57. The second-order valence-corrected chi connectivity index (χ2v) is 8.16. The Hall–Kier alpha value is -4.46. The summed E-state index contributed by atoms with van der Waals surface area (Å²) in [6.45, 7) is 7.33. The van der Waals surface area contributed by atoms with Gasteiger partial charge in [-0.2, -0.15) is 0 Å². The number of nitrogens with one attached hydrogen (secondary N) is 1. The Morgan fingerprint density at radius 1 is 1.00 bits per heavy atom. The van der Waals surface area contributed by atoms with Gasteiger partial charge in [0.15, 0.2) is 23.3 Å². The minimum Gasteiger partial charge on any atom is -0.322 e. The number of amides is 1. The van der Waals surface area contributed by atoms with E-state index in [0.717, 1.165) is 18.2 Å². The third-order valence-corrected chi connectivity index (χ3v) is 5.55. The molecule has 4 aromatic rings. The third-order valence-electron chi connectivity index (χ3n) is 5.55. The highest BCUT2D eigenvalue weighted by Crippen LogP contribution is 2.29. The average Bonchev–Trinajstić information content (AvgIpc) is 3.28. The highest BCUT2D eigenvalue weighted by molar-refractivity contribution is 6.08. The maximum Gasteiger partial charge on any atom is 0.255 e. The van der Waals surface area contributed by atoms with Gasteiger partial charge < -0.3 is 5.32 Å². The van der Waals surface area contributed by atoms with Gasteiger partial charge >= 0.3 is 0 Å². The molecule has 4 nitrogen and oxygen atoms in total. The number of carbonyl (C=O) groups is 1. The van der Waals surface area contributed by atoms with E-state index in [2.05, 4.69) is 16.9 Å². The van der Waals surface area contributed by atoms with Gasteiger partial charge in [0.1, 0.15) is 5.82 Å². The molecule has 0 saturated heterocycles. The molecule has 0 atom stereocenters. The molecule has 0 spiro atoms. The molecule has 0 saturated carbocycles. The van der Waals surface area contributed by atoms with Crippen molar-refractivity contribution < 1.29 is 22.4 Å². The summed E-state index contributed by atoms with van der Waals surface area (Å²) in [5.41, 5.74) is 2.84. The van der Waals surface area contributed by atoms with Crippen LogP contribution in [0.4, 0.5) is 23.2 Å². The van der Waals surface area contributed by atoms with Crippen LogP contribution in [0.3, 0.4) is 0 Å². The van der Waals surface area contributed by atoms with Crippen LogP contribution in [0, 0.1) is 23.3 Å². The molecule has 182 valence electrons. The maximum absolute atomic E-state index is 14.4. The van der Waals surface area contributed by atoms with Crippen LogP contribution < -0.4 is 5.32 Å². The van der Waals surface area contributed by atoms with E-state index in [4.69, 9.17) is 0 Å². The van der Waals surface area contributed by atoms with Crippen LogP contribution in [0.25, 0.3) is 22.5 Å². The normalized spacial score (nSPS) is 11.4. The largest absolute Gasteiger partial charge is 0.322 e. The van der Waals surface area contributed by atoms with Crippen molar-refractivity contribution in [3.63, 3.8) is 0 Å². The van der Waals surface area contributed by atoms with E-state index in [9.17, 15) is 22.4 Å². The van der Waals surface area contributed by atoms with Crippen LogP contribution in [0.2, 0.25) is 0 Å². The van der Waals surface area contributed by atoms with E-state index in [1.54, 1.807) is 48.7 Å². The van der Waals surface area contributed by atoms with Crippen molar-refractivity contribution in [2.75, 3.05) is 5.32 Å². The summed E-state index contributed by atoms with van der Waals surface area (Å²) in [4.78, 5) is 17.3. The Morgan fingerprint density at radius 2 is 1.78 bits per heavy atom. The topological polar surface area (TPSA) is 46.4 Å². The molecule has 0 aliphatic heterocycles. The number of allylic oxidation sites excluding steroid dienone is 3. The lowest BCUT2D eigenvalue weighted by atomic mass is 10.00. The lowest BCUT2D eigenvalue weighted by Crippen LogP contribution is -2.15.